The van der Waals surface area contributed by atoms with Gasteiger partial charge >= 0.3 is 5.97 Å². The predicted molar refractivity (Wildman–Crippen MR) is 95.3 cm³/mol. The van der Waals surface area contributed by atoms with Gasteiger partial charge in [-0.15, -0.1) is 6.58 Å². The van der Waals surface area contributed by atoms with Crippen LogP contribution in [0.5, 0.6) is 5.75 Å². The number of aromatic hydroxyl groups is 1. The maximum absolute atomic E-state index is 10.9. The van der Waals surface area contributed by atoms with Crippen LogP contribution in [0.15, 0.2) is 24.8 Å². The number of carboxylic acid groups (broad SMARTS) is 1. The molecule has 0 saturated carbocycles. The molecular weight excluding hydrogens is 288 g/mol. The van der Waals surface area contributed by atoms with Gasteiger partial charge in [0.1, 0.15) is 5.75 Å². The van der Waals surface area contributed by atoms with Gasteiger partial charge < -0.3 is 10.2 Å². The van der Waals surface area contributed by atoms with Crippen molar-refractivity contribution in [2.75, 3.05) is 0 Å². The Labute approximate surface area is 140 Å². The van der Waals surface area contributed by atoms with Crippen LogP contribution >= 0.6 is 0 Å². The van der Waals surface area contributed by atoms with Gasteiger partial charge in [0.25, 0.3) is 0 Å². The van der Waals surface area contributed by atoms with E-state index in [-0.39, 0.29) is 23.2 Å². The number of rotatable bonds is 5. The second-order valence-corrected chi connectivity index (χ2v) is 8.24. The molecule has 0 fully saturated rings. The van der Waals surface area contributed by atoms with Gasteiger partial charge in [0, 0.05) is 12.3 Å². The quantitative estimate of drug-likeness (QED) is 0.741. The fourth-order valence-corrected chi connectivity index (χ4v) is 2.71. The number of carbonyl (C=O) groups is 1. The van der Waals surface area contributed by atoms with Crippen LogP contribution in [-0.2, 0) is 15.6 Å². The SMILES string of the molecule is C=CC(CCC(=O)O)c1cc(C(C)(C)C)c(O)c(C(C)(C)C)c1. The summed E-state index contributed by atoms with van der Waals surface area (Å²) in [6.45, 7) is 16.3. The fraction of sp³-hybridized carbons (Fsp3) is 0.550. The largest absolute Gasteiger partial charge is 0.507 e. The first kappa shape index (κ1) is 19.3. The second-order valence-electron chi connectivity index (χ2n) is 8.24. The van der Waals surface area contributed by atoms with E-state index in [4.69, 9.17) is 5.11 Å². The molecule has 1 aromatic rings. The maximum Gasteiger partial charge on any atom is 0.303 e. The summed E-state index contributed by atoms with van der Waals surface area (Å²) >= 11 is 0. The highest BCUT2D eigenvalue weighted by Crippen LogP contribution is 2.41. The number of carboxylic acids is 1. The molecule has 0 amide bonds. The zero-order valence-corrected chi connectivity index (χ0v) is 15.2. The van der Waals surface area contributed by atoms with Crippen molar-refractivity contribution in [3.05, 3.63) is 41.5 Å². The highest BCUT2D eigenvalue weighted by molar-refractivity contribution is 5.66. The fourth-order valence-electron chi connectivity index (χ4n) is 2.71. The van der Waals surface area contributed by atoms with Crippen LogP contribution in [-0.4, -0.2) is 16.2 Å². The monoisotopic (exact) mass is 318 g/mol. The van der Waals surface area contributed by atoms with E-state index in [1.807, 2.05) is 12.1 Å². The summed E-state index contributed by atoms with van der Waals surface area (Å²) in [6, 6.07) is 4.00. The van der Waals surface area contributed by atoms with Gasteiger partial charge in [-0.25, -0.2) is 0 Å². The van der Waals surface area contributed by atoms with E-state index < -0.39 is 5.97 Å². The van der Waals surface area contributed by atoms with Gasteiger partial charge in [-0.05, 0) is 33.9 Å². The lowest BCUT2D eigenvalue weighted by Gasteiger charge is -2.29. The third-order valence-corrected chi connectivity index (χ3v) is 4.13. The highest BCUT2D eigenvalue weighted by Gasteiger charge is 2.27. The number of hydrogen-bond donors (Lipinski definition) is 2. The van der Waals surface area contributed by atoms with E-state index in [2.05, 4.69) is 48.1 Å². The summed E-state index contributed by atoms with van der Waals surface area (Å²) in [6.07, 6.45) is 2.41. The summed E-state index contributed by atoms with van der Waals surface area (Å²) in [5.74, 6) is -0.494. The first-order valence-electron chi connectivity index (χ1n) is 8.10. The molecule has 3 heteroatoms. The molecule has 0 bridgehead atoms. The number of hydrogen-bond acceptors (Lipinski definition) is 2. The molecule has 128 valence electrons. The van der Waals surface area contributed by atoms with E-state index in [0.717, 1.165) is 16.7 Å². The summed E-state index contributed by atoms with van der Waals surface area (Å²) in [5, 5.41) is 19.7. The van der Waals surface area contributed by atoms with Crippen molar-refractivity contribution in [3.63, 3.8) is 0 Å². The Balaban J connectivity index is 3.48. The summed E-state index contributed by atoms with van der Waals surface area (Å²) in [4.78, 5) is 10.9. The molecule has 0 aliphatic heterocycles. The molecule has 0 saturated heterocycles. The average Bonchev–Trinajstić information content (AvgIpc) is 2.37. The zero-order chi connectivity index (χ0) is 18.0. The van der Waals surface area contributed by atoms with Crippen molar-refractivity contribution in [2.24, 2.45) is 0 Å². The first-order chi connectivity index (χ1) is 10.4. The summed E-state index contributed by atoms with van der Waals surface area (Å²) in [5.41, 5.74) is 2.41. The number of aliphatic carboxylic acids is 1. The number of allylic oxidation sites excluding steroid dienone is 1. The Morgan fingerprint density at radius 1 is 1.13 bits per heavy atom. The van der Waals surface area contributed by atoms with Crippen LogP contribution in [0, 0.1) is 0 Å². The van der Waals surface area contributed by atoms with Crippen LogP contribution in [0.1, 0.15) is 77.0 Å². The van der Waals surface area contributed by atoms with Crippen molar-refractivity contribution >= 4 is 5.97 Å². The van der Waals surface area contributed by atoms with Crippen molar-refractivity contribution in [3.8, 4) is 5.75 Å². The third kappa shape index (κ3) is 4.85. The topological polar surface area (TPSA) is 57.5 Å². The molecule has 23 heavy (non-hydrogen) atoms. The van der Waals surface area contributed by atoms with Crippen LogP contribution in [0.3, 0.4) is 0 Å². The Morgan fingerprint density at radius 2 is 1.57 bits per heavy atom. The molecule has 0 radical (unpaired) electrons. The minimum atomic E-state index is -0.803. The molecule has 1 rings (SSSR count). The first-order valence-corrected chi connectivity index (χ1v) is 8.10. The lowest BCUT2D eigenvalue weighted by Crippen LogP contribution is -2.18. The van der Waals surface area contributed by atoms with Crippen LogP contribution in [0.4, 0.5) is 0 Å². The molecule has 0 spiro atoms. The predicted octanol–water partition coefficient (Wildman–Crippen LogP) is 5.12. The van der Waals surface area contributed by atoms with Gasteiger partial charge in [0.2, 0.25) is 0 Å². The zero-order valence-electron chi connectivity index (χ0n) is 15.2. The molecule has 1 unspecified atom stereocenters. The highest BCUT2D eigenvalue weighted by atomic mass is 16.4. The molecule has 0 aliphatic rings. The Kier molecular flexibility index (Phi) is 5.68. The van der Waals surface area contributed by atoms with E-state index >= 15 is 0 Å². The normalized spacial score (nSPS) is 13.7. The molecule has 1 atom stereocenters. The lowest BCUT2D eigenvalue weighted by atomic mass is 9.76. The number of benzene rings is 1. The van der Waals surface area contributed by atoms with E-state index in [0.29, 0.717) is 12.2 Å². The number of phenols is 1. The van der Waals surface area contributed by atoms with Gasteiger partial charge in [-0.2, -0.15) is 0 Å². The van der Waals surface area contributed by atoms with E-state index in [1.54, 1.807) is 6.08 Å². The smallest absolute Gasteiger partial charge is 0.303 e. The van der Waals surface area contributed by atoms with Gasteiger partial charge in [0.05, 0.1) is 0 Å². The lowest BCUT2D eigenvalue weighted by molar-refractivity contribution is -0.137. The van der Waals surface area contributed by atoms with E-state index in [1.165, 1.54) is 0 Å². The summed E-state index contributed by atoms with van der Waals surface area (Å²) < 4.78 is 0. The van der Waals surface area contributed by atoms with Crippen molar-refractivity contribution in [1.29, 1.82) is 0 Å². The Hall–Kier alpha value is -1.77. The number of phenolic OH excluding ortho intramolecular Hbond substituents is 1. The Morgan fingerprint density at radius 3 is 1.87 bits per heavy atom. The second kappa shape index (κ2) is 6.77. The molecule has 3 nitrogen and oxygen atoms in total. The van der Waals surface area contributed by atoms with Crippen LogP contribution in [0.2, 0.25) is 0 Å². The minimum Gasteiger partial charge on any atom is -0.507 e. The van der Waals surface area contributed by atoms with Crippen molar-refractivity contribution < 1.29 is 15.0 Å². The Bertz CT molecular complexity index is 551. The van der Waals surface area contributed by atoms with Crippen molar-refractivity contribution in [1.82, 2.24) is 0 Å². The van der Waals surface area contributed by atoms with Crippen LogP contribution < -0.4 is 0 Å². The molecular formula is C20H30O3. The van der Waals surface area contributed by atoms with Gasteiger partial charge in [-0.1, -0.05) is 59.8 Å². The van der Waals surface area contributed by atoms with Crippen molar-refractivity contribution in [2.45, 2.75) is 71.1 Å². The summed E-state index contributed by atoms with van der Waals surface area (Å²) in [7, 11) is 0. The van der Waals surface area contributed by atoms with Gasteiger partial charge in [-0.3, -0.25) is 4.79 Å². The van der Waals surface area contributed by atoms with Gasteiger partial charge in [0.15, 0.2) is 0 Å². The maximum atomic E-state index is 10.9. The molecule has 1 aromatic carbocycles. The van der Waals surface area contributed by atoms with E-state index in [9.17, 15) is 9.90 Å². The minimum absolute atomic E-state index is 0.0334. The molecule has 0 aromatic heterocycles. The molecule has 0 aliphatic carbocycles. The molecule has 2 N–H and O–H groups in total. The molecule has 0 heterocycles. The van der Waals surface area contributed by atoms with Crippen LogP contribution in [0.25, 0.3) is 0 Å². The average molecular weight is 318 g/mol. The standard InChI is InChI=1S/C20H30O3/c1-8-13(9-10-17(21)22)14-11-15(19(2,3)4)18(23)16(12-14)20(5,6)7/h8,11-13,23H,1,9-10H2,2-7H3,(H,21,22). The third-order valence-electron chi connectivity index (χ3n) is 4.13.